The average molecular weight is 325 g/mol. The molecular weight excluding hydrogens is 305 g/mol. The highest BCUT2D eigenvalue weighted by molar-refractivity contribution is 5.94. The third-order valence-electron chi connectivity index (χ3n) is 2.83. The van der Waals surface area contributed by atoms with Crippen LogP contribution in [0.3, 0.4) is 0 Å². The minimum absolute atomic E-state index is 0.0376. The fraction of sp³-hybridized carbons (Fsp3) is 0.400. The fourth-order valence-electron chi connectivity index (χ4n) is 1.74. The molecule has 0 aliphatic heterocycles. The van der Waals surface area contributed by atoms with Gasteiger partial charge in [-0.25, -0.2) is 9.18 Å². The van der Waals surface area contributed by atoms with Gasteiger partial charge < -0.3 is 10.1 Å². The van der Waals surface area contributed by atoms with Crippen LogP contribution in [0.25, 0.3) is 0 Å². The van der Waals surface area contributed by atoms with Crippen LogP contribution in [0.15, 0.2) is 24.3 Å². The third kappa shape index (κ3) is 7.37. The van der Waals surface area contributed by atoms with Gasteiger partial charge >= 0.3 is 6.09 Å². The van der Waals surface area contributed by atoms with Crippen LogP contribution in [-0.2, 0) is 14.3 Å². The summed E-state index contributed by atoms with van der Waals surface area (Å²) < 4.78 is 17.4. The number of anilines is 1. The number of amides is 3. The summed E-state index contributed by atoms with van der Waals surface area (Å²) >= 11 is 0. The summed E-state index contributed by atoms with van der Waals surface area (Å²) in [7, 11) is 0. The molecule has 8 heteroatoms. The molecule has 0 saturated carbocycles. The largest absolute Gasteiger partial charge is 0.450 e. The summed E-state index contributed by atoms with van der Waals surface area (Å²) in [5, 5.41) is 4.66. The Hall–Kier alpha value is -2.48. The Morgan fingerprint density at radius 2 is 1.70 bits per heavy atom. The van der Waals surface area contributed by atoms with E-state index in [1.807, 2.05) is 0 Å². The fourth-order valence-corrected chi connectivity index (χ4v) is 1.74. The maximum absolute atomic E-state index is 12.8. The Bertz CT molecular complexity index is 548. The van der Waals surface area contributed by atoms with Crippen LogP contribution in [0, 0.1) is 5.82 Å². The second kappa shape index (κ2) is 9.52. The molecule has 0 saturated heterocycles. The van der Waals surface area contributed by atoms with Gasteiger partial charge in [-0.3, -0.25) is 19.8 Å². The predicted octanol–water partition coefficient (Wildman–Crippen LogP) is 1.36. The SMILES string of the molecule is CCOC(=O)NC(=O)CN(CC)CC(=O)Nc1ccc(F)cc1. The second-order valence-corrected chi connectivity index (χ2v) is 4.63. The van der Waals surface area contributed by atoms with Crippen molar-refractivity contribution in [3.05, 3.63) is 30.1 Å². The first-order valence-electron chi connectivity index (χ1n) is 7.19. The number of hydrogen-bond donors (Lipinski definition) is 2. The molecule has 1 rings (SSSR count). The van der Waals surface area contributed by atoms with Crippen molar-refractivity contribution >= 4 is 23.6 Å². The molecule has 0 unspecified atom stereocenters. The van der Waals surface area contributed by atoms with Gasteiger partial charge in [0.2, 0.25) is 11.8 Å². The lowest BCUT2D eigenvalue weighted by atomic mass is 10.3. The molecule has 1 aromatic rings. The molecule has 0 bridgehead atoms. The lowest BCUT2D eigenvalue weighted by Crippen LogP contribution is -2.43. The molecule has 7 nitrogen and oxygen atoms in total. The number of nitrogens with zero attached hydrogens (tertiary/aromatic N) is 1. The van der Waals surface area contributed by atoms with Crippen LogP contribution in [0.4, 0.5) is 14.9 Å². The molecule has 23 heavy (non-hydrogen) atoms. The van der Waals surface area contributed by atoms with E-state index in [1.165, 1.54) is 24.3 Å². The number of likely N-dealkylation sites (N-methyl/N-ethyl adjacent to an activating group) is 1. The summed E-state index contributed by atoms with van der Waals surface area (Å²) in [5.74, 6) is -1.30. The molecular formula is C15H20FN3O4. The maximum atomic E-state index is 12.8. The number of carbonyl (C=O) groups is 3. The Labute approximate surface area is 133 Å². The van der Waals surface area contributed by atoms with Crippen molar-refractivity contribution in [1.29, 1.82) is 0 Å². The van der Waals surface area contributed by atoms with Crippen molar-refractivity contribution in [2.75, 3.05) is 31.6 Å². The van der Waals surface area contributed by atoms with E-state index in [9.17, 15) is 18.8 Å². The number of nitrogens with one attached hydrogen (secondary N) is 2. The standard InChI is InChI=1S/C15H20FN3O4/c1-3-19(10-14(21)18-15(22)23-4-2)9-13(20)17-12-7-5-11(16)6-8-12/h5-8H,3-4,9-10H2,1-2H3,(H,17,20)(H,18,21,22). The molecule has 0 aliphatic carbocycles. The Morgan fingerprint density at radius 3 is 2.26 bits per heavy atom. The smallest absolute Gasteiger partial charge is 0.413 e. The van der Waals surface area contributed by atoms with E-state index in [2.05, 4.69) is 15.4 Å². The highest BCUT2D eigenvalue weighted by atomic mass is 19.1. The van der Waals surface area contributed by atoms with Gasteiger partial charge in [0, 0.05) is 5.69 Å². The number of benzene rings is 1. The summed E-state index contributed by atoms with van der Waals surface area (Å²) in [6, 6.07) is 5.36. The normalized spacial score (nSPS) is 10.3. The molecule has 0 heterocycles. The van der Waals surface area contributed by atoms with Crippen molar-refractivity contribution in [2.24, 2.45) is 0 Å². The van der Waals surface area contributed by atoms with Crippen LogP contribution < -0.4 is 10.6 Å². The molecule has 0 radical (unpaired) electrons. The van der Waals surface area contributed by atoms with Crippen molar-refractivity contribution in [2.45, 2.75) is 13.8 Å². The lowest BCUT2D eigenvalue weighted by molar-refractivity contribution is -0.122. The van der Waals surface area contributed by atoms with E-state index in [-0.39, 0.29) is 25.6 Å². The number of alkyl carbamates (subject to hydrolysis) is 1. The van der Waals surface area contributed by atoms with Gasteiger partial charge in [0.1, 0.15) is 5.82 Å². The summed E-state index contributed by atoms with van der Waals surface area (Å²) in [4.78, 5) is 36.2. The molecule has 126 valence electrons. The van der Waals surface area contributed by atoms with Crippen LogP contribution >= 0.6 is 0 Å². The van der Waals surface area contributed by atoms with Gasteiger partial charge in [0.15, 0.2) is 0 Å². The van der Waals surface area contributed by atoms with E-state index in [0.717, 1.165) is 0 Å². The Balaban J connectivity index is 2.45. The lowest BCUT2D eigenvalue weighted by Gasteiger charge is -2.19. The van der Waals surface area contributed by atoms with E-state index >= 15 is 0 Å². The minimum Gasteiger partial charge on any atom is -0.450 e. The monoisotopic (exact) mass is 325 g/mol. The van der Waals surface area contributed by atoms with Gasteiger partial charge in [-0.15, -0.1) is 0 Å². The molecule has 3 amide bonds. The number of imide groups is 1. The predicted molar refractivity (Wildman–Crippen MR) is 82.3 cm³/mol. The number of hydrogen-bond acceptors (Lipinski definition) is 5. The molecule has 0 aliphatic rings. The topological polar surface area (TPSA) is 87.7 Å². The van der Waals surface area contributed by atoms with Crippen LogP contribution in [0.1, 0.15) is 13.8 Å². The van der Waals surface area contributed by atoms with E-state index < -0.39 is 17.8 Å². The zero-order valence-corrected chi connectivity index (χ0v) is 13.1. The highest BCUT2D eigenvalue weighted by Gasteiger charge is 2.15. The van der Waals surface area contributed by atoms with E-state index in [4.69, 9.17) is 0 Å². The van der Waals surface area contributed by atoms with E-state index in [1.54, 1.807) is 18.7 Å². The summed E-state index contributed by atoms with van der Waals surface area (Å²) in [6.07, 6.45) is -0.815. The maximum Gasteiger partial charge on any atom is 0.413 e. The number of halogens is 1. The van der Waals surface area contributed by atoms with Gasteiger partial charge in [0.05, 0.1) is 19.7 Å². The van der Waals surface area contributed by atoms with Gasteiger partial charge in [0.25, 0.3) is 0 Å². The molecule has 0 fully saturated rings. The minimum atomic E-state index is -0.815. The first kappa shape index (κ1) is 18.6. The first-order valence-corrected chi connectivity index (χ1v) is 7.19. The Kier molecular flexibility index (Phi) is 7.69. The Morgan fingerprint density at radius 1 is 1.09 bits per heavy atom. The van der Waals surface area contributed by atoms with E-state index in [0.29, 0.717) is 12.2 Å². The van der Waals surface area contributed by atoms with Gasteiger partial charge in [-0.05, 0) is 37.7 Å². The van der Waals surface area contributed by atoms with Gasteiger partial charge in [-0.2, -0.15) is 0 Å². The molecule has 0 atom stereocenters. The second-order valence-electron chi connectivity index (χ2n) is 4.63. The zero-order valence-electron chi connectivity index (χ0n) is 13.1. The average Bonchev–Trinajstić information content (AvgIpc) is 2.49. The van der Waals surface area contributed by atoms with Crippen molar-refractivity contribution in [3.63, 3.8) is 0 Å². The third-order valence-corrected chi connectivity index (χ3v) is 2.83. The highest BCUT2D eigenvalue weighted by Crippen LogP contribution is 2.08. The number of rotatable bonds is 7. The molecule has 2 N–H and O–H groups in total. The quantitative estimate of drug-likeness (QED) is 0.790. The molecule has 0 spiro atoms. The first-order chi connectivity index (χ1) is 10.9. The van der Waals surface area contributed by atoms with Crippen molar-refractivity contribution in [1.82, 2.24) is 10.2 Å². The van der Waals surface area contributed by atoms with Crippen LogP contribution in [0.5, 0.6) is 0 Å². The molecule has 1 aromatic carbocycles. The number of ether oxygens (including phenoxy) is 1. The summed E-state index contributed by atoms with van der Waals surface area (Å²) in [6.45, 7) is 3.85. The van der Waals surface area contributed by atoms with Gasteiger partial charge in [-0.1, -0.05) is 6.92 Å². The van der Waals surface area contributed by atoms with Crippen LogP contribution in [0.2, 0.25) is 0 Å². The van der Waals surface area contributed by atoms with Crippen LogP contribution in [-0.4, -0.2) is 49.0 Å². The summed E-state index contributed by atoms with van der Waals surface area (Å²) in [5.41, 5.74) is 0.462. The number of carbonyl (C=O) groups excluding carboxylic acids is 3. The van der Waals surface area contributed by atoms with Crippen molar-refractivity contribution < 1.29 is 23.5 Å². The van der Waals surface area contributed by atoms with Crippen molar-refractivity contribution in [3.8, 4) is 0 Å². The zero-order chi connectivity index (χ0) is 17.2. The molecule has 0 aromatic heterocycles.